The van der Waals surface area contributed by atoms with Crippen LogP contribution in [-0.4, -0.2) is 57.9 Å². The normalized spacial score (nSPS) is 18.0. The molecular formula is C15H16KN. The first kappa shape index (κ1) is 13.5. The Balaban J connectivity index is 0.00000108. The molecule has 1 aliphatic rings. The van der Waals surface area contributed by atoms with E-state index in [0.29, 0.717) is 6.04 Å². The molecule has 0 spiro atoms. The van der Waals surface area contributed by atoms with Gasteiger partial charge in [0.25, 0.3) is 0 Å². The van der Waals surface area contributed by atoms with Gasteiger partial charge < -0.3 is 5.32 Å². The van der Waals surface area contributed by atoms with Crippen molar-refractivity contribution in [2.45, 2.75) is 12.5 Å². The monoisotopic (exact) mass is 249 g/mol. The molecule has 2 heteroatoms. The maximum Gasteiger partial charge on any atom is 0.0579 e. The van der Waals surface area contributed by atoms with Crippen LogP contribution in [-0.2, 0) is 6.42 Å². The molecule has 3 rings (SSSR count). The van der Waals surface area contributed by atoms with E-state index < -0.39 is 0 Å². The van der Waals surface area contributed by atoms with Gasteiger partial charge in [-0.3, -0.25) is 0 Å². The Morgan fingerprint density at radius 2 is 1.59 bits per heavy atom. The maximum absolute atomic E-state index is 3.59. The van der Waals surface area contributed by atoms with Crippen molar-refractivity contribution in [3.63, 3.8) is 0 Å². The van der Waals surface area contributed by atoms with E-state index in [9.17, 15) is 0 Å². The van der Waals surface area contributed by atoms with Crippen LogP contribution >= 0.6 is 0 Å². The minimum Gasteiger partial charge on any atom is -0.306 e. The van der Waals surface area contributed by atoms with E-state index in [0.717, 1.165) is 13.0 Å². The van der Waals surface area contributed by atoms with Crippen molar-refractivity contribution in [1.29, 1.82) is 0 Å². The zero-order valence-electron chi connectivity index (χ0n) is 9.19. The summed E-state index contributed by atoms with van der Waals surface area (Å²) in [4.78, 5) is 0. The standard InChI is InChI=1S/C15H15N.K.H/c1-2-7-13(8-3-1)15-14-9-5-4-6-12(14)10-11-16-15;;/h1-9,15-16H,10-11H2;;/t15-;;/m0../s1. The summed E-state index contributed by atoms with van der Waals surface area (Å²) in [5, 5.41) is 3.59. The Labute approximate surface area is 145 Å². The molecule has 0 fully saturated rings. The second-order valence-electron chi connectivity index (χ2n) is 4.25. The molecule has 17 heavy (non-hydrogen) atoms. The molecule has 2 aromatic rings. The van der Waals surface area contributed by atoms with Gasteiger partial charge in [0.15, 0.2) is 0 Å². The van der Waals surface area contributed by atoms with Crippen LogP contribution in [0.4, 0.5) is 0 Å². The van der Waals surface area contributed by atoms with E-state index >= 15 is 0 Å². The zero-order valence-corrected chi connectivity index (χ0v) is 9.19. The van der Waals surface area contributed by atoms with Crippen LogP contribution in [0.5, 0.6) is 0 Å². The minimum absolute atomic E-state index is 0. The Kier molecular flexibility index (Phi) is 4.97. The molecule has 0 radical (unpaired) electrons. The predicted octanol–water partition coefficient (Wildman–Crippen LogP) is 2.27. The third kappa shape index (κ3) is 2.89. The third-order valence-electron chi connectivity index (χ3n) is 3.24. The largest absolute Gasteiger partial charge is 0.306 e. The first-order valence-electron chi connectivity index (χ1n) is 5.81. The van der Waals surface area contributed by atoms with Crippen molar-refractivity contribution in [2.75, 3.05) is 6.54 Å². The number of rotatable bonds is 1. The summed E-state index contributed by atoms with van der Waals surface area (Å²) in [5.41, 5.74) is 4.27. The van der Waals surface area contributed by atoms with Gasteiger partial charge in [-0.2, -0.15) is 0 Å². The number of hydrogen-bond acceptors (Lipinski definition) is 1. The quantitative estimate of drug-likeness (QED) is 0.765. The summed E-state index contributed by atoms with van der Waals surface area (Å²) >= 11 is 0. The van der Waals surface area contributed by atoms with E-state index in [1.54, 1.807) is 0 Å². The van der Waals surface area contributed by atoms with Gasteiger partial charge >= 0.3 is 51.4 Å². The first-order chi connectivity index (χ1) is 7.95. The topological polar surface area (TPSA) is 12.0 Å². The number of benzene rings is 2. The summed E-state index contributed by atoms with van der Waals surface area (Å²) in [5.74, 6) is 0. The van der Waals surface area contributed by atoms with Gasteiger partial charge in [0.05, 0.1) is 6.04 Å². The maximum atomic E-state index is 3.59. The van der Waals surface area contributed by atoms with Gasteiger partial charge in [0.2, 0.25) is 0 Å². The van der Waals surface area contributed by atoms with E-state index in [1.807, 2.05) is 0 Å². The summed E-state index contributed by atoms with van der Waals surface area (Å²) in [6, 6.07) is 19.8. The zero-order chi connectivity index (χ0) is 10.8. The Hall–Kier alpha value is 0.0364. The van der Waals surface area contributed by atoms with Gasteiger partial charge in [-0.05, 0) is 23.1 Å². The van der Waals surface area contributed by atoms with E-state index in [-0.39, 0.29) is 51.4 Å². The van der Waals surface area contributed by atoms with Crippen LogP contribution in [0.2, 0.25) is 0 Å². The van der Waals surface area contributed by atoms with Crippen molar-refractivity contribution in [3.8, 4) is 0 Å². The number of nitrogens with one attached hydrogen (secondary N) is 1. The fourth-order valence-electron chi connectivity index (χ4n) is 2.45. The van der Waals surface area contributed by atoms with E-state index in [4.69, 9.17) is 0 Å². The molecule has 0 aliphatic carbocycles. The minimum atomic E-state index is 0. The Bertz CT molecular complexity index is 481. The van der Waals surface area contributed by atoms with Crippen molar-refractivity contribution >= 4 is 51.4 Å². The molecule has 1 atom stereocenters. The van der Waals surface area contributed by atoms with Crippen LogP contribution in [0.25, 0.3) is 0 Å². The molecule has 0 bridgehead atoms. The van der Waals surface area contributed by atoms with Gasteiger partial charge in [0, 0.05) is 6.54 Å². The van der Waals surface area contributed by atoms with Crippen molar-refractivity contribution < 1.29 is 0 Å². The van der Waals surface area contributed by atoms with Gasteiger partial charge in [-0.25, -0.2) is 0 Å². The van der Waals surface area contributed by atoms with Crippen LogP contribution in [0, 0.1) is 0 Å². The summed E-state index contributed by atoms with van der Waals surface area (Å²) < 4.78 is 0. The van der Waals surface area contributed by atoms with Gasteiger partial charge in [0.1, 0.15) is 0 Å². The van der Waals surface area contributed by atoms with E-state index in [2.05, 4.69) is 59.9 Å². The smallest absolute Gasteiger partial charge is 0.0579 e. The molecule has 1 heterocycles. The average molecular weight is 249 g/mol. The van der Waals surface area contributed by atoms with Crippen molar-refractivity contribution in [3.05, 3.63) is 71.3 Å². The van der Waals surface area contributed by atoms with Crippen LogP contribution in [0.3, 0.4) is 0 Å². The van der Waals surface area contributed by atoms with Crippen molar-refractivity contribution in [1.82, 2.24) is 5.32 Å². The summed E-state index contributed by atoms with van der Waals surface area (Å²) in [6.45, 7) is 1.07. The molecule has 1 nitrogen and oxygen atoms in total. The molecule has 82 valence electrons. The van der Waals surface area contributed by atoms with Crippen LogP contribution in [0.15, 0.2) is 54.6 Å². The van der Waals surface area contributed by atoms with Gasteiger partial charge in [-0.15, -0.1) is 0 Å². The van der Waals surface area contributed by atoms with Gasteiger partial charge in [-0.1, -0.05) is 54.6 Å². The molecule has 0 aromatic heterocycles. The van der Waals surface area contributed by atoms with Crippen LogP contribution < -0.4 is 5.32 Å². The number of fused-ring (bicyclic) bond motifs is 1. The third-order valence-corrected chi connectivity index (χ3v) is 3.24. The fourth-order valence-corrected chi connectivity index (χ4v) is 2.45. The summed E-state index contributed by atoms with van der Waals surface area (Å²) in [6.07, 6.45) is 1.14. The Morgan fingerprint density at radius 3 is 2.41 bits per heavy atom. The molecule has 0 unspecified atom stereocenters. The molecule has 2 aromatic carbocycles. The molecular weight excluding hydrogens is 233 g/mol. The molecule has 0 saturated carbocycles. The van der Waals surface area contributed by atoms with Crippen LogP contribution in [0.1, 0.15) is 22.7 Å². The summed E-state index contributed by atoms with van der Waals surface area (Å²) in [7, 11) is 0. The second kappa shape index (κ2) is 6.28. The predicted molar refractivity (Wildman–Crippen MR) is 73.6 cm³/mol. The second-order valence-corrected chi connectivity index (χ2v) is 4.25. The molecule has 0 saturated heterocycles. The Morgan fingerprint density at radius 1 is 0.882 bits per heavy atom. The molecule has 0 amide bonds. The number of hydrogen-bond donors (Lipinski definition) is 1. The SMILES string of the molecule is [KH].c1ccc([C@@H]2NCCc3ccccc32)cc1. The van der Waals surface area contributed by atoms with Crippen molar-refractivity contribution in [2.24, 2.45) is 0 Å². The molecule has 1 N–H and O–H groups in total. The first-order valence-corrected chi connectivity index (χ1v) is 5.81. The molecule has 1 aliphatic heterocycles. The fraction of sp³-hybridized carbons (Fsp3) is 0.200. The van der Waals surface area contributed by atoms with E-state index in [1.165, 1.54) is 16.7 Å². The average Bonchev–Trinajstić information content (AvgIpc) is 2.39.